The van der Waals surface area contributed by atoms with Crippen LogP contribution >= 0.6 is 11.8 Å². The maximum atomic E-state index is 13.5. The zero-order valence-corrected chi connectivity index (χ0v) is 19.0. The number of aromatic nitrogens is 2. The molecule has 0 bridgehead atoms. The first-order chi connectivity index (χ1) is 15.1. The van der Waals surface area contributed by atoms with Gasteiger partial charge in [-0.2, -0.15) is 13.2 Å². The Labute approximate surface area is 189 Å². The summed E-state index contributed by atoms with van der Waals surface area (Å²) < 4.78 is 39.7. The van der Waals surface area contributed by atoms with Crippen LogP contribution in [-0.4, -0.2) is 52.8 Å². The zero-order valence-electron chi connectivity index (χ0n) is 18.2. The highest BCUT2D eigenvalue weighted by atomic mass is 32.2. The van der Waals surface area contributed by atoms with Crippen molar-refractivity contribution in [2.24, 2.45) is 11.8 Å². The Kier molecular flexibility index (Phi) is 7.71. The number of halogens is 3. The number of thioether (sulfide) groups is 1. The first kappa shape index (κ1) is 24.4. The van der Waals surface area contributed by atoms with E-state index in [0.29, 0.717) is 23.7 Å². The molecular weight excluding hydrogens is 439 g/mol. The smallest absolute Gasteiger partial charge is 0.306 e. The summed E-state index contributed by atoms with van der Waals surface area (Å²) in [5, 5.41) is 0.434. The standard InChI is InChI=1S/C23H26F3N3O2S/c1-14(20(30)15-8-11-29(2)12-9-15)19(18-7-10-27-22(28-18)32-3)21(31)16-5-4-6-17(13-16)23(24,25)26/h4-7,10,13-15,19H,8-9,11-12H2,1-3H3. The summed E-state index contributed by atoms with van der Waals surface area (Å²) in [5.74, 6) is -2.49. The summed E-state index contributed by atoms with van der Waals surface area (Å²) in [6.07, 6.45) is 0.124. The molecule has 1 aliphatic heterocycles. The van der Waals surface area contributed by atoms with E-state index in [4.69, 9.17) is 0 Å². The van der Waals surface area contributed by atoms with Crippen molar-refractivity contribution < 1.29 is 22.8 Å². The highest BCUT2D eigenvalue weighted by Gasteiger charge is 2.38. The minimum atomic E-state index is -4.57. The van der Waals surface area contributed by atoms with Gasteiger partial charge < -0.3 is 4.90 Å². The second-order valence-corrected chi connectivity index (χ2v) is 8.93. The third-order valence-corrected chi connectivity index (χ3v) is 6.54. The quantitative estimate of drug-likeness (QED) is 0.335. The second-order valence-electron chi connectivity index (χ2n) is 8.16. The fourth-order valence-electron chi connectivity index (χ4n) is 4.10. The number of hydrogen-bond acceptors (Lipinski definition) is 6. The maximum Gasteiger partial charge on any atom is 0.416 e. The molecular formula is C23H26F3N3O2S. The molecule has 0 N–H and O–H groups in total. The topological polar surface area (TPSA) is 63.2 Å². The van der Waals surface area contributed by atoms with Gasteiger partial charge >= 0.3 is 6.18 Å². The van der Waals surface area contributed by atoms with Crippen LogP contribution in [0, 0.1) is 11.8 Å². The number of rotatable bonds is 7. The normalized spacial score (nSPS) is 17.7. The van der Waals surface area contributed by atoms with E-state index in [1.165, 1.54) is 30.1 Å². The average molecular weight is 466 g/mol. The van der Waals surface area contributed by atoms with E-state index in [1.54, 1.807) is 19.2 Å². The first-order valence-electron chi connectivity index (χ1n) is 10.4. The van der Waals surface area contributed by atoms with Gasteiger partial charge in [-0.3, -0.25) is 9.59 Å². The van der Waals surface area contributed by atoms with Gasteiger partial charge in [0.1, 0.15) is 5.78 Å². The van der Waals surface area contributed by atoms with Crippen LogP contribution in [0.2, 0.25) is 0 Å². The Balaban J connectivity index is 1.99. The predicted molar refractivity (Wildman–Crippen MR) is 117 cm³/mol. The molecule has 1 aromatic carbocycles. The number of carbonyl (C=O) groups excluding carboxylic acids is 2. The number of benzene rings is 1. The molecule has 2 unspecified atom stereocenters. The number of Topliss-reactive ketones (excluding diaryl/α,β-unsaturated/α-hetero) is 2. The molecule has 9 heteroatoms. The van der Waals surface area contributed by atoms with Crippen molar-refractivity contribution in [2.45, 2.75) is 37.0 Å². The molecule has 1 fully saturated rings. The van der Waals surface area contributed by atoms with Crippen molar-refractivity contribution in [3.63, 3.8) is 0 Å². The number of nitrogens with zero attached hydrogens (tertiary/aromatic N) is 3. The average Bonchev–Trinajstić information content (AvgIpc) is 2.78. The Morgan fingerprint density at radius 3 is 2.50 bits per heavy atom. The van der Waals surface area contributed by atoms with Crippen molar-refractivity contribution in [3.05, 3.63) is 53.3 Å². The summed E-state index contributed by atoms with van der Waals surface area (Å²) in [7, 11) is 1.99. The highest BCUT2D eigenvalue weighted by molar-refractivity contribution is 7.98. The molecule has 2 heterocycles. The van der Waals surface area contributed by atoms with E-state index in [0.717, 1.165) is 25.2 Å². The van der Waals surface area contributed by atoms with Crippen molar-refractivity contribution >= 4 is 23.3 Å². The second kappa shape index (κ2) is 10.1. The van der Waals surface area contributed by atoms with Crippen molar-refractivity contribution in [2.75, 3.05) is 26.4 Å². The number of likely N-dealkylation sites (tertiary alicyclic amines) is 1. The molecule has 1 aromatic heterocycles. The lowest BCUT2D eigenvalue weighted by atomic mass is 9.76. The summed E-state index contributed by atoms with van der Waals surface area (Å²) in [4.78, 5) is 37.5. The summed E-state index contributed by atoms with van der Waals surface area (Å²) in [5.41, 5.74) is -0.637. The first-order valence-corrected chi connectivity index (χ1v) is 11.6. The fraction of sp³-hybridized carbons (Fsp3) is 0.478. The molecule has 5 nitrogen and oxygen atoms in total. The molecule has 32 heavy (non-hydrogen) atoms. The molecule has 3 rings (SSSR count). The zero-order chi connectivity index (χ0) is 23.5. The lowest BCUT2D eigenvalue weighted by molar-refractivity contribution is -0.137. The van der Waals surface area contributed by atoms with E-state index >= 15 is 0 Å². The molecule has 0 aliphatic carbocycles. The van der Waals surface area contributed by atoms with Crippen LogP contribution in [0.5, 0.6) is 0 Å². The highest BCUT2D eigenvalue weighted by Crippen LogP contribution is 2.35. The predicted octanol–water partition coefficient (Wildman–Crippen LogP) is 4.73. The Morgan fingerprint density at radius 2 is 1.88 bits per heavy atom. The van der Waals surface area contributed by atoms with Gasteiger partial charge in [-0.05, 0) is 57.4 Å². The van der Waals surface area contributed by atoms with Crippen LogP contribution in [0.15, 0.2) is 41.7 Å². The number of piperidine rings is 1. The molecule has 0 radical (unpaired) electrons. The van der Waals surface area contributed by atoms with Crippen LogP contribution in [0.4, 0.5) is 13.2 Å². The number of alkyl halides is 3. The summed E-state index contributed by atoms with van der Waals surface area (Å²) in [6, 6.07) is 5.90. The van der Waals surface area contributed by atoms with Gasteiger partial charge in [-0.25, -0.2) is 9.97 Å². The van der Waals surface area contributed by atoms with Crippen molar-refractivity contribution in [1.82, 2.24) is 14.9 Å². The molecule has 2 aromatic rings. The number of hydrogen-bond donors (Lipinski definition) is 0. The van der Waals surface area contributed by atoms with Gasteiger partial charge in [0, 0.05) is 23.6 Å². The third-order valence-electron chi connectivity index (χ3n) is 5.98. The van der Waals surface area contributed by atoms with Crippen LogP contribution in [-0.2, 0) is 11.0 Å². The van der Waals surface area contributed by atoms with Gasteiger partial charge in [0.2, 0.25) is 0 Å². The SMILES string of the molecule is CSc1nccc(C(C(=O)c2cccc(C(F)(F)F)c2)C(C)C(=O)C2CCN(C)CC2)n1. The molecule has 1 saturated heterocycles. The third kappa shape index (κ3) is 5.56. The van der Waals surface area contributed by atoms with Gasteiger partial charge in [0.15, 0.2) is 10.9 Å². The van der Waals surface area contributed by atoms with Gasteiger partial charge in [-0.1, -0.05) is 30.8 Å². The van der Waals surface area contributed by atoms with Crippen molar-refractivity contribution in [1.29, 1.82) is 0 Å². The van der Waals surface area contributed by atoms with E-state index in [2.05, 4.69) is 14.9 Å². The molecule has 0 amide bonds. The van der Waals surface area contributed by atoms with Crippen LogP contribution in [0.25, 0.3) is 0 Å². The summed E-state index contributed by atoms with van der Waals surface area (Å²) >= 11 is 1.29. The van der Waals surface area contributed by atoms with E-state index in [9.17, 15) is 22.8 Å². The van der Waals surface area contributed by atoms with Gasteiger partial charge in [0.05, 0.1) is 17.2 Å². The van der Waals surface area contributed by atoms with Crippen molar-refractivity contribution in [3.8, 4) is 0 Å². The lowest BCUT2D eigenvalue weighted by Gasteiger charge is -2.31. The molecule has 0 saturated carbocycles. The summed E-state index contributed by atoms with van der Waals surface area (Å²) in [6.45, 7) is 3.26. The Morgan fingerprint density at radius 1 is 1.19 bits per heavy atom. The monoisotopic (exact) mass is 465 g/mol. The number of carbonyl (C=O) groups is 2. The molecule has 172 valence electrons. The minimum Gasteiger partial charge on any atom is -0.306 e. The molecule has 1 aliphatic rings. The van der Waals surface area contributed by atoms with E-state index < -0.39 is 29.4 Å². The molecule has 2 atom stereocenters. The van der Waals surface area contributed by atoms with E-state index in [-0.39, 0.29) is 17.3 Å². The number of ketones is 2. The largest absolute Gasteiger partial charge is 0.416 e. The Bertz CT molecular complexity index is 975. The Hall–Kier alpha value is -2.26. The van der Waals surface area contributed by atoms with E-state index in [1.807, 2.05) is 7.05 Å². The maximum absolute atomic E-state index is 13.5. The lowest BCUT2D eigenvalue weighted by Crippen LogP contribution is -2.38. The van der Waals surface area contributed by atoms with Crippen LogP contribution in [0.3, 0.4) is 0 Å². The van der Waals surface area contributed by atoms with Gasteiger partial charge in [-0.15, -0.1) is 0 Å². The van der Waals surface area contributed by atoms with Gasteiger partial charge in [0.25, 0.3) is 0 Å². The van der Waals surface area contributed by atoms with Crippen LogP contribution in [0.1, 0.15) is 47.3 Å². The minimum absolute atomic E-state index is 0.0484. The van der Waals surface area contributed by atoms with Crippen LogP contribution < -0.4 is 0 Å². The molecule has 0 spiro atoms. The fourth-order valence-corrected chi connectivity index (χ4v) is 4.46.